The highest BCUT2D eigenvalue weighted by atomic mass is 16.2. The number of benzene rings is 1. The molecule has 5 heteroatoms. The summed E-state index contributed by atoms with van der Waals surface area (Å²) in [5.41, 5.74) is 2.09. The topological polar surface area (TPSA) is 52.7 Å². The van der Waals surface area contributed by atoms with Crippen LogP contribution in [0, 0.1) is 5.92 Å². The molecular formula is C19H29N3O2. The Labute approximate surface area is 145 Å². The average Bonchev–Trinajstić information content (AvgIpc) is 2.59. The summed E-state index contributed by atoms with van der Waals surface area (Å²) in [4.78, 5) is 27.7. The Kier molecular flexibility index (Phi) is 6.64. The molecule has 0 aliphatic carbocycles. The third-order valence-corrected chi connectivity index (χ3v) is 4.42. The number of hydrogen-bond acceptors (Lipinski definition) is 3. The molecule has 1 N–H and O–H groups in total. The van der Waals surface area contributed by atoms with Crippen LogP contribution in [0.1, 0.15) is 40.0 Å². The van der Waals surface area contributed by atoms with Crippen molar-refractivity contribution < 1.29 is 9.59 Å². The van der Waals surface area contributed by atoms with Crippen LogP contribution in [0.2, 0.25) is 0 Å². The van der Waals surface area contributed by atoms with Gasteiger partial charge in [-0.2, -0.15) is 0 Å². The Bertz CT molecular complexity index is 548. The molecule has 24 heavy (non-hydrogen) atoms. The van der Waals surface area contributed by atoms with E-state index in [4.69, 9.17) is 0 Å². The molecule has 2 rings (SSSR count). The molecule has 0 bridgehead atoms. The smallest absolute Gasteiger partial charge is 0.223 e. The zero-order chi connectivity index (χ0) is 17.5. The third kappa shape index (κ3) is 4.98. The molecule has 5 nitrogen and oxygen atoms in total. The monoisotopic (exact) mass is 331 g/mol. The Balaban J connectivity index is 1.97. The Morgan fingerprint density at radius 3 is 2.29 bits per heavy atom. The molecule has 0 radical (unpaired) electrons. The summed E-state index contributed by atoms with van der Waals surface area (Å²) in [6.45, 7) is 8.44. The lowest BCUT2D eigenvalue weighted by Crippen LogP contribution is -2.38. The molecule has 1 saturated heterocycles. The van der Waals surface area contributed by atoms with Crippen molar-refractivity contribution in [1.29, 1.82) is 0 Å². The second-order valence-corrected chi connectivity index (χ2v) is 6.68. The van der Waals surface area contributed by atoms with Crippen molar-refractivity contribution in [2.75, 3.05) is 36.0 Å². The lowest BCUT2D eigenvalue weighted by atomic mass is 10.1. The second-order valence-electron chi connectivity index (χ2n) is 6.68. The molecule has 0 atom stereocenters. The number of anilines is 2. The molecule has 1 heterocycles. The SMILES string of the molecule is CC(=O)N(CCNC(=O)C(C)C)c1ccc(N2CCCCC2)cc1. The maximum absolute atomic E-state index is 11.9. The molecule has 132 valence electrons. The molecule has 1 aliphatic rings. The number of carbonyl (C=O) groups excluding carboxylic acids is 2. The first-order chi connectivity index (χ1) is 11.5. The van der Waals surface area contributed by atoms with E-state index < -0.39 is 0 Å². The van der Waals surface area contributed by atoms with E-state index in [2.05, 4.69) is 22.3 Å². The summed E-state index contributed by atoms with van der Waals surface area (Å²) in [6.07, 6.45) is 3.81. The van der Waals surface area contributed by atoms with Gasteiger partial charge in [-0.1, -0.05) is 13.8 Å². The number of amides is 2. The fraction of sp³-hybridized carbons (Fsp3) is 0.579. The van der Waals surface area contributed by atoms with Crippen LogP contribution in [0.5, 0.6) is 0 Å². The van der Waals surface area contributed by atoms with Crippen LogP contribution in [0.25, 0.3) is 0 Å². The van der Waals surface area contributed by atoms with Crippen LogP contribution >= 0.6 is 0 Å². The van der Waals surface area contributed by atoms with E-state index in [-0.39, 0.29) is 17.7 Å². The highest BCUT2D eigenvalue weighted by molar-refractivity contribution is 5.91. The lowest BCUT2D eigenvalue weighted by Gasteiger charge is -2.29. The van der Waals surface area contributed by atoms with Crippen molar-refractivity contribution in [3.8, 4) is 0 Å². The van der Waals surface area contributed by atoms with E-state index in [1.807, 2.05) is 26.0 Å². The number of nitrogens with zero attached hydrogens (tertiary/aromatic N) is 2. The molecule has 0 unspecified atom stereocenters. The van der Waals surface area contributed by atoms with Crippen molar-refractivity contribution in [3.05, 3.63) is 24.3 Å². The third-order valence-electron chi connectivity index (χ3n) is 4.42. The van der Waals surface area contributed by atoms with Crippen LogP contribution in [0.4, 0.5) is 11.4 Å². The van der Waals surface area contributed by atoms with Crippen LogP contribution in [0.3, 0.4) is 0 Å². The van der Waals surface area contributed by atoms with Crippen LogP contribution in [-0.2, 0) is 9.59 Å². The zero-order valence-corrected chi connectivity index (χ0v) is 15.0. The Hall–Kier alpha value is -2.04. The van der Waals surface area contributed by atoms with Crippen molar-refractivity contribution in [1.82, 2.24) is 5.32 Å². The van der Waals surface area contributed by atoms with E-state index in [1.54, 1.807) is 11.8 Å². The quantitative estimate of drug-likeness (QED) is 0.872. The van der Waals surface area contributed by atoms with E-state index in [1.165, 1.54) is 24.9 Å². The predicted octanol–water partition coefficient (Wildman–Crippen LogP) is 2.80. The van der Waals surface area contributed by atoms with E-state index in [9.17, 15) is 9.59 Å². The number of rotatable bonds is 6. The standard InChI is InChI=1S/C19H29N3O2/c1-15(2)19(24)20-11-14-22(16(3)23)18-9-7-17(8-10-18)21-12-5-4-6-13-21/h7-10,15H,4-6,11-14H2,1-3H3,(H,20,24). The fourth-order valence-corrected chi connectivity index (χ4v) is 2.96. The molecule has 0 saturated carbocycles. The van der Waals surface area contributed by atoms with E-state index >= 15 is 0 Å². The van der Waals surface area contributed by atoms with E-state index in [0.29, 0.717) is 13.1 Å². The van der Waals surface area contributed by atoms with Gasteiger partial charge in [-0.15, -0.1) is 0 Å². The van der Waals surface area contributed by atoms with Gasteiger partial charge in [0.15, 0.2) is 0 Å². The largest absolute Gasteiger partial charge is 0.372 e. The van der Waals surface area contributed by atoms with Gasteiger partial charge in [0.1, 0.15) is 0 Å². The first-order valence-electron chi connectivity index (χ1n) is 8.90. The maximum Gasteiger partial charge on any atom is 0.223 e. The molecule has 1 aromatic carbocycles. The maximum atomic E-state index is 11.9. The summed E-state index contributed by atoms with van der Waals surface area (Å²) in [5.74, 6) is -0.0435. The van der Waals surface area contributed by atoms with E-state index in [0.717, 1.165) is 18.8 Å². The van der Waals surface area contributed by atoms with Gasteiger partial charge in [0.2, 0.25) is 11.8 Å². The van der Waals surface area contributed by atoms with Crippen molar-refractivity contribution >= 4 is 23.2 Å². The fourth-order valence-electron chi connectivity index (χ4n) is 2.96. The minimum Gasteiger partial charge on any atom is -0.372 e. The number of nitrogens with one attached hydrogen (secondary N) is 1. The molecule has 2 amide bonds. The van der Waals surface area contributed by atoms with Crippen molar-refractivity contribution in [2.45, 2.75) is 40.0 Å². The summed E-state index contributed by atoms with van der Waals surface area (Å²) in [7, 11) is 0. The number of carbonyl (C=O) groups is 2. The predicted molar refractivity (Wildman–Crippen MR) is 98.4 cm³/mol. The number of hydrogen-bond donors (Lipinski definition) is 1. The second kappa shape index (κ2) is 8.71. The molecule has 1 fully saturated rings. The molecule has 1 aromatic rings. The van der Waals surface area contributed by atoms with Gasteiger partial charge >= 0.3 is 0 Å². The molecule has 1 aliphatic heterocycles. The van der Waals surface area contributed by atoms with Crippen LogP contribution < -0.4 is 15.1 Å². The highest BCUT2D eigenvalue weighted by Crippen LogP contribution is 2.23. The molecular weight excluding hydrogens is 302 g/mol. The minimum absolute atomic E-state index is 0.0129. The highest BCUT2D eigenvalue weighted by Gasteiger charge is 2.15. The summed E-state index contributed by atoms with van der Waals surface area (Å²) >= 11 is 0. The van der Waals surface area contributed by atoms with Gasteiger partial charge < -0.3 is 15.1 Å². The molecule has 0 aromatic heterocycles. The van der Waals surface area contributed by atoms with Gasteiger partial charge in [0.05, 0.1) is 0 Å². The van der Waals surface area contributed by atoms with Crippen LogP contribution in [0.15, 0.2) is 24.3 Å². The summed E-state index contributed by atoms with van der Waals surface area (Å²) in [6, 6.07) is 8.16. The minimum atomic E-state index is -0.0420. The zero-order valence-electron chi connectivity index (χ0n) is 15.0. The first kappa shape index (κ1) is 18.3. The summed E-state index contributed by atoms with van der Waals surface area (Å²) in [5, 5.41) is 2.86. The average molecular weight is 331 g/mol. The first-order valence-corrected chi connectivity index (χ1v) is 8.90. The van der Waals surface area contributed by atoms with Gasteiger partial charge in [-0.3, -0.25) is 9.59 Å². The Morgan fingerprint density at radius 2 is 1.75 bits per heavy atom. The van der Waals surface area contributed by atoms with Gasteiger partial charge in [-0.05, 0) is 43.5 Å². The lowest BCUT2D eigenvalue weighted by molar-refractivity contribution is -0.124. The van der Waals surface area contributed by atoms with Gasteiger partial charge in [-0.25, -0.2) is 0 Å². The van der Waals surface area contributed by atoms with Gasteiger partial charge in [0, 0.05) is 50.4 Å². The Morgan fingerprint density at radius 1 is 1.12 bits per heavy atom. The van der Waals surface area contributed by atoms with Crippen molar-refractivity contribution in [2.24, 2.45) is 5.92 Å². The van der Waals surface area contributed by atoms with Gasteiger partial charge in [0.25, 0.3) is 0 Å². The van der Waals surface area contributed by atoms with Crippen molar-refractivity contribution in [3.63, 3.8) is 0 Å². The summed E-state index contributed by atoms with van der Waals surface area (Å²) < 4.78 is 0. The number of piperidine rings is 1. The van der Waals surface area contributed by atoms with Crippen LogP contribution in [-0.4, -0.2) is 38.0 Å². The molecule has 0 spiro atoms. The normalized spacial score (nSPS) is 14.6.